The highest BCUT2D eigenvalue weighted by atomic mass is 14.4. The Morgan fingerprint density at radius 2 is 2.07 bits per heavy atom. The fourth-order valence-corrected chi connectivity index (χ4v) is 3.41. The van der Waals surface area contributed by atoms with Crippen LogP contribution in [0.2, 0.25) is 0 Å². The molecule has 80 valence electrons. The van der Waals surface area contributed by atoms with Crippen molar-refractivity contribution < 1.29 is 0 Å². The van der Waals surface area contributed by atoms with E-state index >= 15 is 0 Å². The first-order valence-electron chi connectivity index (χ1n) is 6.58. The van der Waals surface area contributed by atoms with E-state index in [2.05, 4.69) is 19.1 Å². The minimum Gasteiger partial charge on any atom is -0.0880 e. The predicted molar refractivity (Wildman–Crippen MR) is 62.2 cm³/mol. The van der Waals surface area contributed by atoms with Crippen molar-refractivity contribution in [2.45, 2.75) is 58.3 Å². The molecule has 0 bridgehead atoms. The van der Waals surface area contributed by atoms with Crippen molar-refractivity contribution >= 4 is 0 Å². The van der Waals surface area contributed by atoms with Crippen LogP contribution < -0.4 is 0 Å². The Kier molecular flexibility index (Phi) is 3.67. The molecule has 0 heteroatoms. The van der Waals surface area contributed by atoms with E-state index in [1.165, 1.54) is 51.4 Å². The van der Waals surface area contributed by atoms with Crippen LogP contribution in [0.1, 0.15) is 58.3 Å². The molecular weight excluding hydrogens is 168 g/mol. The smallest absolute Gasteiger partial charge is 0.0202 e. The first-order valence-corrected chi connectivity index (χ1v) is 6.58. The van der Waals surface area contributed by atoms with Crippen LogP contribution in [0.5, 0.6) is 0 Å². The van der Waals surface area contributed by atoms with Gasteiger partial charge in [0.25, 0.3) is 0 Å². The molecule has 0 aromatic heterocycles. The molecule has 0 aromatic carbocycles. The molecule has 0 aromatic rings. The van der Waals surface area contributed by atoms with E-state index in [1.54, 1.807) is 0 Å². The second-order valence-corrected chi connectivity index (χ2v) is 5.18. The van der Waals surface area contributed by atoms with Crippen molar-refractivity contribution in [3.05, 3.63) is 12.2 Å². The third-order valence-electron chi connectivity index (χ3n) is 4.23. The summed E-state index contributed by atoms with van der Waals surface area (Å²) >= 11 is 0. The van der Waals surface area contributed by atoms with Gasteiger partial charge in [-0.25, -0.2) is 0 Å². The highest BCUT2D eigenvalue weighted by Crippen LogP contribution is 2.42. The standard InChI is InChI=1S/C14H24/c1-2-3-7-12-9-6-10-13-8-4-5-11-14(12)13/h6,10,12-14H,2-5,7-9,11H2,1H3. The molecule has 2 aliphatic rings. The molecule has 2 rings (SSSR count). The van der Waals surface area contributed by atoms with E-state index in [-0.39, 0.29) is 0 Å². The second kappa shape index (κ2) is 5.00. The van der Waals surface area contributed by atoms with E-state index in [0.717, 1.165) is 17.8 Å². The van der Waals surface area contributed by atoms with E-state index in [4.69, 9.17) is 0 Å². The van der Waals surface area contributed by atoms with Gasteiger partial charge in [-0.3, -0.25) is 0 Å². The Hall–Kier alpha value is -0.260. The average molecular weight is 192 g/mol. The lowest BCUT2D eigenvalue weighted by atomic mass is 9.67. The van der Waals surface area contributed by atoms with Gasteiger partial charge in [0.15, 0.2) is 0 Å². The molecule has 3 atom stereocenters. The summed E-state index contributed by atoms with van der Waals surface area (Å²) in [7, 11) is 0. The van der Waals surface area contributed by atoms with Gasteiger partial charge in [-0.15, -0.1) is 0 Å². The lowest BCUT2D eigenvalue weighted by Gasteiger charge is -2.38. The van der Waals surface area contributed by atoms with E-state index in [0.29, 0.717) is 0 Å². The van der Waals surface area contributed by atoms with E-state index in [9.17, 15) is 0 Å². The van der Waals surface area contributed by atoms with Crippen molar-refractivity contribution in [3.8, 4) is 0 Å². The number of rotatable bonds is 3. The van der Waals surface area contributed by atoms with Crippen LogP contribution in [0, 0.1) is 17.8 Å². The SMILES string of the molecule is CCCCC1CC=CC2CCCCC21. The van der Waals surface area contributed by atoms with Crippen molar-refractivity contribution in [2.24, 2.45) is 17.8 Å². The molecule has 3 unspecified atom stereocenters. The number of allylic oxidation sites excluding steroid dienone is 2. The van der Waals surface area contributed by atoms with Crippen molar-refractivity contribution in [1.82, 2.24) is 0 Å². The van der Waals surface area contributed by atoms with E-state index in [1.807, 2.05) is 0 Å². The summed E-state index contributed by atoms with van der Waals surface area (Å²) < 4.78 is 0. The molecular formula is C14H24. The Labute approximate surface area is 88.8 Å². The van der Waals surface area contributed by atoms with E-state index < -0.39 is 0 Å². The van der Waals surface area contributed by atoms with Crippen LogP contribution in [-0.2, 0) is 0 Å². The summed E-state index contributed by atoms with van der Waals surface area (Å²) in [4.78, 5) is 0. The summed E-state index contributed by atoms with van der Waals surface area (Å²) in [6.07, 6.45) is 16.6. The maximum Gasteiger partial charge on any atom is -0.0202 e. The summed E-state index contributed by atoms with van der Waals surface area (Å²) in [5.41, 5.74) is 0. The maximum absolute atomic E-state index is 2.52. The van der Waals surface area contributed by atoms with Crippen molar-refractivity contribution in [3.63, 3.8) is 0 Å². The fourth-order valence-electron chi connectivity index (χ4n) is 3.41. The molecule has 1 fully saturated rings. The van der Waals surface area contributed by atoms with Crippen LogP contribution in [0.25, 0.3) is 0 Å². The van der Waals surface area contributed by atoms with Gasteiger partial charge in [-0.1, -0.05) is 44.8 Å². The quantitative estimate of drug-likeness (QED) is 0.575. The number of fused-ring (bicyclic) bond motifs is 1. The summed E-state index contributed by atoms with van der Waals surface area (Å²) in [6, 6.07) is 0. The van der Waals surface area contributed by atoms with Gasteiger partial charge in [0.1, 0.15) is 0 Å². The Balaban J connectivity index is 1.93. The largest absolute Gasteiger partial charge is 0.0880 e. The molecule has 0 saturated heterocycles. The van der Waals surface area contributed by atoms with Crippen LogP contribution in [0.15, 0.2) is 12.2 Å². The molecule has 2 aliphatic carbocycles. The van der Waals surface area contributed by atoms with Crippen LogP contribution in [0.4, 0.5) is 0 Å². The molecule has 0 nitrogen and oxygen atoms in total. The van der Waals surface area contributed by atoms with Gasteiger partial charge in [-0.2, -0.15) is 0 Å². The Morgan fingerprint density at radius 3 is 2.93 bits per heavy atom. The molecule has 0 heterocycles. The van der Waals surface area contributed by atoms with Gasteiger partial charge >= 0.3 is 0 Å². The predicted octanol–water partition coefficient (Wildman–Crippen LogP) is 4.56. The molecule has 0 amide bonds. The van der Waals surface area contributed by atoms with Gasteiger partial charge < -0.3 is 0 Å². The van der Waals surface area contributed by atoms with Crippen LogP contribution >= 0.6 is 0 Å². The highest BCUT2D eigenvalue weighted by Gasteiger charge is 2.31. The van der Waals surface area contributed by atoms with Gasteiger partial charge in [0.05, 0.1) is 0 Å². The van der Waals surface area contributed by atoms with Crippen molar-refractivity contribution in [1.29, 1.82) is 0 Å². The Bertz CT molecular complexity index is 192. The van der Waals surface area contributed by atoms with Crippen LogP contribution in [-0.4, -0.2) is 0 Å². The number of unbranched alkanes of at least 4 members (excludes halogenated alkanes) is 1. The maximum atomic E-state index is 2.52. The molecule has 14 heavy (non-hydrogen) atoms. The lowest BCUT2D eigenvalue weighted by Crippen LogP contribution is -2.28. The third kappa shape index (κ3) is 2.21. The van der Waals surface area contributed by atoms with Gasteiger partial charge in [0.2, 0.25) is 0 Å². The minimum atomic E-state index is 0.958. The van der Waals surface area contributed by atoms with Crippen LogP contribution in [0.3, 0.4) is 0 Å². The normalized spacial score (nSPS) is 36.8. The third-order valence-corrected chi connectivity index (χ3v) is 4.23. The first-order chi connectivity index (χ1) is 6.92. The summed E-state index contributed by atoms with van der Waals surface area (Å²) in [5.74, 6) is 3.05. The molecule has 1 saturated carbocycles. The summed E-state index contributed by atoms with van der Waals surface area (Å²) in [6.45, 7) is 2.32. The zero-order valence-corrected chi connectivity index (χ0v) is 9.54. The average Bonchev–Trinajstić information content (AvgIpc) is 2.26. The number of hydrogen-bond donors (Lipinski definition) is 0. The Morgan fingerprint density at radius 1 is 1.21 bits per heavy atom. The second-order valence-electron chi connectivity index (χ2n) is 5.18. The first kappa shape index (κ1) is 10.3. The molecule has 0 spiro atoms. The minimum absolute atomic E-state index is 0.958. The zero-order chi connectivity index (χ0) is 9.80. The van der Waals surface area contributed by atoms with Gasteiger partial charge in [0, 0.05) is 0 Å². The topological polar surface area (TPSA) is 0 Å². The number of hydrogen-bond acceptors (Lipinski definition) is 0. The zero-order valence-electron chi connectivity index (χ0n) is 9.54. The van der Waals surface area contributed by atoms with Crippen molar-refractivity contribution in [2.75, 3.05) is 0 Å². The summed E-state index contributed by atoms with van der Waals surface area (Å²) in [5, 5.41) is 0. The highest BCUT2D eigenvalue weighted by molar-refractivity contribution is 5.01. The van der Waals surface area contributed by atoms with Gasteiger partial charge in [-0.05, 0) is 43.4 Å². The molecule has 0 radical (unpaired) electrons. The fraction of sp³-hybridized carbons (Fsp3) is 0.857. The monoisotopic (exact) mass is 192 g/mol. The lowest BCUT2D eigenvalue weighted by molar-refractivity contribution is 0.172. The molecule has 0 N–H and O–H groups in total. The molecule has 0 aliphatic heterocycles.